The van der Waals surface area contributed by atoms with Gasteiger partial charge in [0.25, 0.3) is 0 Å². The monoisotopic (exact) mass is 209 g/mol. The average Bonchev–Trinajstić information content (AvgIpc) is 2.22. The second-order valence-corrected chi connectivity index (χ2v) is 3.18. The normalized spacial score (nSPS) is 10.9. The van der Waals surface area contributed by atoms with Crippen LogP contribution in [-0.2, 0) is 6.54 Å². The number of ether oxygens (including phenoxy) is 1. The zero-order valence-electron chi connectivity index (χ0n) is 9.09. The van der Waals surface area contributed by atoms with E-state index >= 15 is 0 Å². The van der Waals surface area contributed by atoms with E-state index in [-0.39, 0.29) is 5.82 Å². The van der Waals surface area contributed by atoms with Gasteiger partial charge < -0.3 is 10.1 Å². The van der Waals surface area contributed by atoms with Gasteiger partial charge in [0.05, 0.1) is 0 Å². The van der Waals surface area contributed by atoms with Crippen molar-refractivity contribution < 1.29 is 9.13 Å². The molecule has 1 aromatic rings. The molecule has 0 aliphatic heterocycles. The second-order valence-electron chi connectivity index (χ2n) is 3.18. The maximum atomic E-state index is 13.4. The summed E-state index contributed by atoms with van der Waals surface area (Å²) in [5.74, 6) is -0.0137. The van der Waals surface area contributed by atoms with E-state index in [1.54, 1.807) is 6.07 Å². The summed E-state index contributed by atoms with van der Waals surface area (Å²) in [5.41, 5.74) is 0.911. The Morgan fingerprint density at radius 1 is 1.47 bits per heavy atom. The van der Waals surface area contributed by atoms with Crippen LogP contribution in [0.2, 0.25) is 0 Å². The molecule has 82 valence electrons. The molecule has 0 spiro atoms. The number of allylic oxidation sites excluding steroid dienone is 1. The molecule has 0 aliphatic carbocycles. The zero-order chi connectivity index (χ0) is 11.1. The maximum Gasteiger partial charge on any atom is 0.165 e. The molecule has 0 fully saturated rings. The maximum absolute atomic E-state index is 13.4. The number of rotatable bonds is 5. The van der Waals surface area contributed by atoms with Crippen molar-refractivity contribution in [2.75, 3.05) is 13.7 Å². The average molecular weight is 209 g/mol. The number of hydrogen-bond acceptors (Lipinski definition) is 2. The molecule has 2 nitrogen and oxygen atoms in total. The zero-order valence-corrected chi connectivity index (χ0v) is 9.09. The van der Waals surface area contributed by atoms with Crippen molar-refractivity contribution in [1.29, 1.82) is 0 Å². The van der Waals surface area contributed by atoms with Crippen LogP contribution >= 0.6 is 0 Å². The first-order valence-corrected chi connectivity index (χ1v) is 4.95. The molecule has 0 aliphatic rings. The van der Waals surface area contributed by atoms with Crippen molar-refractivity contribution >= 4 is 0 Å². The van der Waals surface area contributed by atoms with Crippen LogP contribution in [0.5, 0.6) is 5.75 Å². The quantitative estimate of drug-likeness (QED) is 0.752. The predicted molar refractivity (Wildman–Crippen MR) is 59.5 cm³/mol. The Morgan fingerprint density at radius 2 is 2.27 bits per heavy atom. The first kappa shape index (κ1) is 11.7. The Hall–Kier alpha value is -1.35. The Kier molecular flexibility index (Phi) is 4.84. The van der Waals surface area contributed by atoms with Gasteiger partial charge in [-0.25, -0.2) is 4.39 Å². The molecule has 1 rings (SSSR count). The number of benzene rings is 1. The van der Waals surface area contributed by atoms with Gasteiger partial charge in [0.15, 0.2) is 11.6 Å². The largest absolute Gasteiger partial charge is 0.486 e. The number of hydrogen-bond donors (Lipinski definition) is 1. The smallest absolute Gasteiger partial charge is 0.165 e. The molecule has 1 N–H and O–H groups in total. The molecule has 0 saturated heterocycles. The summed E-state index contributed by atoms with van der Waals surface area (Å²) in [7, 11) is 1.83. The summed E-state index contributed by atoms with van der Waals surface area (Å²) in [6.07, 6.45) is 3.70. The van der Waals surface area contributed by atoms with Crippen molar-refractivity contribution in [2.24, 2.45) is 0 Å². The molecule has 0 radical (unpaired) electrons. The van der Waals surface area contributed by atoms with E-state index in [1.807, 2.05) is 32.2 Å². The molecular formula is C12H16FNO. The second kappa shape index (κ2) is 6.19. The van der Waals surface area contributed by atoms with Crippen molar-refractivity contribution in [1.82, 2.24) is 5.32 Å². The van der Waals surface area contributed by atoms with Gasteiger partial charge >= 0.3 is 0 Å². The van der Waals surface area contributed by atoms with Crippen molar-refractivity contribution in [3.8, 4) is 5.75 Å². The highest BCUT2D eigenvalue weighted by Crippen LogP contribution is 2.18. The third-order valence-electron chi connectivity index (χ3n) is 1.95. The van der Waals surface area contributed by atoms with E-state index in [0.29, 0.717) is 18.9 Å². The minimum atomic E-state index is -0.313. The molecule has 0 saturated carbocycles. The van der Waals surface area contributed by atoms with Gasteiger partial charge in [-0.2, -0.15) is 0 Å². The van der Waals surface area contributed by atoms with Crippen LogP contribution in [0.15, 0.2) is 30.4 Å². The highest BCUT2D eigenvalue weighted by molar-refractivity contribution is 5.29. The highest BCUT2D eigenvalue weighted by atomic mass is 19.1. The SMILES string of the molecule is C/C=C/COc1ccc(CNC)cc1F. The van der Waals surface area contributed by atoms with E-state index in [9.17, 15) is 4.39 Å². The molecular weight excluding hydrogens is 193 g/mol. The number of halogens is 1. The molecule has 15 heavy (non-hydrogen) atoms. The fourth-order valence-corrected chi connectivity index (χ4v) is 1.21. The van der Waals surface area contributed by atoms with Crippen molar-refractivity contribution in [3.63, 3.8) is 0 Å². The Balaban J connectivity index is 2.65. The van der Waals surface area contributed by atoms with Gasteiger partial charge in [0.2, 0.25) is 0 Å². The summed E-state index contributed by atoms with van der Waals surface area (Å²) >= 11 is 0. The molecule has 0 heterocycles. The topological polar surface area (TPSA) is 21.3 Å². The standard InChI is InChI=1S/C12H16FNO/c1-3-4-7-15-12-6-5-10(9-14-2)8-11(12)13/h3-6,8,14H,7,9H2,1-2H3/b4-3+. The van der Waals surface area contributed by atoms with Crippen molar-refractivity contribution in [3.05, 3.63) is 41.7 Å². The number of nitrogens with one attached hydrogen (secondary N) is 1. The van der Waals surface area contributed by atoms with Crippen LogP contribution < -0.4 is 10.1 Å². The van der Waals surface area contributed by atoms with Crippen LogP contribution in [-0.4, -0.2) is 13.7 Å². The molecule has 0 unspecified atom stereocenters. The van der Waals surface area contributed by atoms with Crippen LogP contribution in [0, 0.1) is 5.82 Å². The first-order chi connectivity index (χ1) is 7.27. The van der Waals surface area contributed by atoms with Crippen LogP contribution in [0.3, 0.4) is 0 Å². The minimum Gasteiger partial charge on any atom is -0.486 e. The summed E-state index contributed by atoms with van der Waals surface area (Å²) in [4.78, 5) is 0. The lowest BCUT2D eigenvalue weighted by Crippen LogP contribution is -2.05. The minimum absolute atomic E-state index is 0.299. The van der Waals surface area contributed by atoms with E-state index in [2.05, 4.69) is 5.32 Å². The Bertz CT molecular complexity index is 336. The summed E-state index contributed by atoms with van der Waals surface area (Å²) < 4.78 is 18.7. The molecule has 0 aromatic heterocycles. The van der Waals surface area contributed by atoms with Gasteiger partial charge in [-0.05, 0) is 31.7 Å². The van der Waals surface area contributed by atoms with Gasteiger partial charge in [0, 0.05) is 6.54 Å². The third-order valence-corrected chi connectivity index (χ3v) is 1.95. The Morgan fingerprint density at radius 3 is 2.87 bits per heavy atom. The van der Waals surface area contributed by atoms with Gasteiger partial charge in [-0.3, -0.25) is 0 Å². The van der Waals surface area contributed by atoms with Gasteiger partial charge in [0.1, 0.15) is 6.61 Å². The molecule has 0 amide bonds. The molecule has 1 aromatic carbocycles. The summed E-state index contributed by atoms with van der Waals surface area (Å²) in [6, 6.07) is 5.00. The molecule has 0 atom stereocenters. The summed E-state index contributed by atoms with van der Waals surface area (Å²) in [6.45, 7) is 2.96. The highest BCUT2D eigenvalue weighted by Gasteiger charge is 2.03. The van der Waals surface area contributed by atoms with Crippen LogP contribution in [0.25, 0.3) is 0 Å². The molecule has 3 heteroatoms. The Labute approximate surface area is 89.8 Å². The lowest BCUT2D eigenvalue weighted by atomic mass is 10.2. The predicted octanol–water partition coefficient (Wildman–Crippen LogP) is 2.50. The van der Waals surface area contributed by atoms with Crippen LogP contribution in [0.4, 0.5) is 4.39 Å². The van der Waals surface area contributed by atoms with Crippen molar-refractivity contribution in [2.45, 2.75) is 13.5 Å². The fourth-order valence-electron chi connectivity index (χ4n) is 1.21. The van der Waals surface area contributed by atoms with Crippen LogP contribution in [0.1, 0.15) is 12.5 Å². The van der Waals surface area contributed by atoms with E-state index in [0.717, 1.165) is 5.56 Å². The first-order valence-electron chi connectivity index (χ1n) is 4.95. The summed E-state index contributed by atoms with van der Waals surface area (Å²) in [5, 5.41) is 2.96. The lowest BCUT2D eigenvalue weighted by Gasteiger charge is -2.06. The van der Waals surface area contributed by atoms with Gasteiger partial charge in [-0.1, -0.05) is 18.2 Å². The van der Waals surface area contributed by atoms with E-state index < -0.39 is 0 Å². The van der Waals surface area contributed by atoms with Gasteiger partial charge in [-0.15, -0.1) is 0 Å². The lowest BCUT2D eigenvalue weighted by molar-refractivity contribution is 0.341. The van der Waals surface area contributed by atoms with E-state index in [1.165, 1.54) is 6.07 Å². The third kappa shape index (κ3) is 3.72. The molecule has 0 bridgehead atoms. The fraction of sp³-hybridized carbons (Fsp3) is 0.333. The van der Waals surface area contributed by atoms with E-state index in [4.69, 9.17) is 4.74 Å².